The number of methoxy groups -OCH3 is 1. The minimum absolute atomic E-state index is 0.138. The molecule has 0 aromatic carbocycles. The van der Waals surface area contributed by atoms with Crippen LogP contribution in [0.2, 0.25) is 0 Å². The van der Waals surface area contributed by atoms with Gasteiger partial charge in [0.25, 0.3) is 10.0 Å². The average molecular weight is 270 g/mol. The molecule has 98 valence electrons. The summed E-state index contributed by atoms with van der Waals surface area (Å²) in [5.41, 5.74) is 0. The molecular weight excluding hydrogens is 256 g/mol. The molecule has 1 aromatic rings. The number of aromatic nitrogens is 1. The van der Waals surface area contributed by atoms with Gasteiger partial charge in [0, 0.05) is 6.20 Å². The first-order valence-electron chi connectivity index (χ1n) is 5.13. The van der Waals surface area contributed by atoms with E-state index >= 15 is 0 Å². The van der Waals surface area contributed by atoms with Gasteiger partial charge in [0.2, 0.25) is 0 Å². The molecule has 1 rings (SSSR count). The van der Waals surface area contributed by atoms with Crippen molar-refractivity contribution < 1.29 is 17.9 Å². The Morgan fingerprint density at radius 1 is 1.61 bits per heavy atom. The van der Waals surface area contributed by atoms with Gasteiger partial charge in [-0.1, -0.05) is 12.1 Å². The lowest BCUT2D eigenvalue weighted by molar-refractivity contribution is -0.142. The summed E-state index contributed by atoms with van der Waals surface area (Å²) in [5, 5.41) is -0.150. The summed E-state index contributed by atoms with van der Waals surface area (Å²) >= 11 is 0. The fourth-order valence-corrected chi connectivity index (χ4v) is 2.40. The summed E-state index contributed by atoms with van der Waals surface area (Å²) < 4.78 is 30.6. The minimum atomic E-state index is -3.85. The molecule has 0 spiro atoms. The summed E-state index contributed by atoms with van der Waals surface area (Å²) in [6.07, 6.45) is 2.93. The zero-order valence-corrected chi connectivity index (χ0v) is 10.7. The number of hydrogen-bond donors (Lipinski definition) is 1. The quantitative estimate of drug-likeness (QED) is 0.600. The molecule has 0 aliphatic heterocycles. The van der Waals surface area contributed by atoms with Crippen LogP contribution in [0.15, 0.2) is 42.1 Å². The maximum atomic E-state index is 11.9. The van der Waals surface area contributed by atoms with Gasteiger partial charge in [0.1, 0.15) is 6.04 Å². The van der Waals surface area contributed by atoms with Gasteiger partial charge in [-0.15, -0.1) is 6.58 Å². The second kappa shape index (κ2) is 6.27. The van der Waals surface area contributed by atoms with Crippen LogP contribution in [0, 0.1) is 0 Å². The van der Waals surface area contributed by atoms with Crippen molar-refractivity contribution in [3.8, 4) is 0 Å². The van der Waals surface area contributed by atoms with E-state index in [9.17, 15) is 13.2 Å². The zero-order valence-electron chi connectivity index (χ0n) is 9.87. The second-order valence-corrected chi connectivity index (χ2v) is 5.05. The first-order valence-corrected chi connectivity index (χ1v) is 6.61. The van der Waals surface area contributed by atoms with E-state index in [4.69, 9.17) is 0 Å². The second-order valence-electron chi connectivity index (χ2n) is 3.39. The number of sulfonamides is 1. The molecule has 1 unspecified atom stereocenters. The van der Waals surface area contributed by atoms with E-state index in [-0.39, 0.29) is 11.4 Å². The number of carbonyl (C=O) groups is 1. The molecule has 0 amide bonds. The average Bonchev–Trinajstić information content (AvgIpc) is 2.38. The fourth-order valence-electron chi connectivity index (χ4n) is 1.26. The van der Waals surface area contributed by atoms with Crippen LogP contribution >= 0.6 is 0 Å². The molecule has 1 aromatic heterocycles. The number of esters is 1. The van der Waals surface area contributed by atoms with E-state index in [1.54, 1.807) is 12.1 Å². The van der Waals surface area contributed by atoms with Crippen molar-refractivity contribution in [3.63, 3.8) is 0 Å². The highest BCUT2D eigenvalue weighted by molar-refractivity contribution is 7.89. The van der Waals surface area contributed by atoms with Crippen LogP contribution in [0.3, 0.4) is 0 Å². The number of nitrogens with zero attached hydrogens (tertiary/aromatic N) is 1. The van der Waals surface area contributed by atoms with Crippen molar-refractivity contribution in [1.82, 2.24) is 9.71 Å². The van der Waals surface area contributed by atoms with Gasteiger partial charge in [-0.25, -0.2) is 13.4 Å². The van der Waals surface area contributed by atoms with Gasteiger partial charge in [-0.2, -0.15) is 4.72 Å². The predicted octanol–water partition coefficient (Wildman–Crippen LogP) is 0.478. The van der Waals surface area contributed by atoms with Gasteiger partial charge in [-0.3, -0.25) is 4.79 Å². The maximum Gasteiger partial charge on any atom is 0.324 e. The van der Waals surface area contributed by atoms with E-state index in [0.717, 1.165) is 0 Å². The maximum absolute atomic E-state index is 11.9. The summed E-state index contributed by atoms with van der Waals surface area (Å²) in [7, 11) is -2.66. The smallest absolute Gasteiger partial charge is 0.324 e. The first-order chi connectivity index (χ1) is 8.51. The molecule has 0 saturated heterocycles. The standard InChI is InChI=1S/C11H14N2O4S/c1-3-6-9(11(14)17-2)13-18(15,16)10-7-4-5-8-12-10/h3-5,7-9,13H,1,6H2,2H3. The van der Waals surface area contributed by atoms with Crippen LogP contribution in [-0.4, -0.2) is 32.5 Å². The Kier molecular flexibility index (Phi) is 4.99. The lowest BCUT2D eigenvalue weighted by atomic mass is 10.2. The summed E-state index contributed by atoms with van der Waals surface area (Å²) in [6, 6.07) is 3.48. The van der Waals surface area contributed by atoms with Crippen LogP contribution in [0.4, 0.5) is 0 Å². The van der Waals surface area contributed by atoms with Crippen molar-refractivity contribution in [1.29, 1.82) is 0 Å². The largest absolute Gasteiger partial charge is 0.468 e. The fraction of sp³-hybridized carbons (Fsp3) is 0.273. The van der Waals surface area contributed by atoms with Crippen molar-refractivity contribution in [3.05, 3.63) is 37.1 Å². The van der Waals surface area contributed by atoms with Crippen LogP contribution < -0.4 is 4.72 Å². The van der Waals surface area contributed by atoms with E-state index < -0.39 is 22.0 Å². The molecule has 0 fully saturated rings. The normalized spacial score (nSPS) is 12.7. The number of rotatable bonds is 6. The van der Waals surface area contributed by atoms with E-state index in [1.165, 1.54) is 25.4 Å². The molecular formula is C11H14N2O4S. The molecule has 0 saturated carbocycles. The molecule has 0 radical (unpaired) electrons. The van der Waals surface area contributed by atoms with E-state index in [2.05, 4.69) is 21.0 Å². The van der Waals surface area contributed by atoms with Crippen molar-refractivity contribution in [2.24, 2.45) is 0 Å². The highest BCUT2D eigenvalue weighted by atomic mass is 32.2. The third-order valence-corrected chi connectivity index (χ3v) is 3.49. The van der Waals surface area contributed by atoms with Crippen LogP contribution in [0.25, 0.3) is 0 Å². The highest BCUT2D eigenvalue weighted by Crippen LogP contribution is 2.07. The number of pyridine rings is 1. The molecule has 0 bridgehead atoms. The molecule has 0 aliphatic rings. The Labute approximate surface area is 106 Å². The summed E-state index contributed by atoms with van der Waals surface area (Å²) in [4.78, 5) is 15.1. The zero-order chi connectivity index (χ0) is 13.6. The molecule has 6 nitrogen and oxygen atoms in total. The third-order valence-electron chi connectivity index (χ3n) is 2.10. The number of carbonyl (C=O) groups excluding carboxylic acids is 1. The summed E-state index contributed by atoms with van der Waals surface area (Å²) in [5.74, 6) is -0.672. The predicted molar refractivity (Wildman–Crippen MR) is 65.2 cm³/mol. The lowest BCUT2D eigenvalue weighted by Crippen LogP contribution is -2.41. The van der Waals surface area contributed by atoms with E-state index in [1.807, 2.05) is 0 Å². The van der Waals surface area contributed by atoms with Crippen molar-refractivity contribution in [2.45, 2.75) is 17.5 Å². The molecule has 7 heteroatoms. The highest BCUT2D eigenvalue weighted by Gasteiger charge is 2.25. The molecule has 1 heterocycles. The molecule has 1 N–H and O–H groups in total. The van der Waals surface area contributed by atoms with Crippen molar-refractivity contribution >= 4 is 16.0 Å². The van der Waals surface area contributed by atoms with Gasteiger partial charge in [0.15, 0.2) is 5.03 Å². The SMILES string of the molecule is C=CCC(NS(=O)(=O)c1ccccn1)C(=O)OC. The third kappa shape index (κ3) is 3.64. The number of nitrogens with one attached hydrogen (secondary N) is 1. The van der Waals surface area contributed by atoms with Crippen LogP contribution in [-0.2, 0) is 19.6 Å². The van der Waals surface area contributed by atoms with E-state index in [0.29, 0.717) is 0 Å². The van der Waals surface area contributed by atoms with Gasteiger partial charge < -0.3 is 4.74 Å². The summed E-state index contributed by atoms with van der Waals surface area (Å²) in [6.45, 7) is 3.46. The van der Waals surface area contributed by atoms with Gasteiger partial charge in [0.05, 0.1) is 7.11 Å². The van der Waals surface area contributed by atoms with Crippen LogP contribution in [0.1, 0.15) is 6.42 Å². The van der Waals surface area contributed by atoms with Crippen LogP contribution in [0.5, 0.6) is 0 Å². The Bertz CT molecular complexity index is 513. The number of ether oxygens (including phenoxy) is 1. The molecule has 0 aliphatic carbocycles. The Morgan fingerprint density at radius 3 is 2.83 bits per heavy atom. The Hall–Kier alpha value is -1.73. The van der Waals surface area contributed by atoms with Crippen molar-refractivity contribution in [2.75, 3.05) is 7.11 Å². The minimum Gasteiger partial charge on any atom is -0.468 e. The van der Waals surface area contributed by atoms with Gasteiger partial charge in [-0.05, 0) is 18.6 Å². The Morgan fingerprint density at radius 2 is 2.33 bits per heavy atom. The monoisotopic (exact) mass is 270 g/mol. The van der Waals surface area contributed by atoms with Gasteiger partial charge >= 0.3 is 5.97 Å². The molecule has 18 heavy (non-hydrogen) atoms. The number of hydrogen-bond acceptors (Lipinski definition) is 5. The Balaban J connectivity index is 2.93. The lowest BCUT2D eigenvalue weighted by Gasteiger charge is -2.14. The topological polar surface area (TPSA) is 85.4 Å². The molecule has 1 atom stereocenters. The first kappa shape index (κ1) is 14.3.